The zero-order chi connectivity index (χ0) is 22.8. The molecule has 0 radical (unpaired) electrons. The molecule has 3 aromatic rings. The number of aromatic nitrogens is 2. The number of rotatable bonds is 5. The number of aromatic amines is 1. The monoisotopic (exact) mass is 450 g/mol. The topological polar surface area (TPSA) is 99.5 Å². The molecule has 0 fully saturated rings. The number of amides is 1. The molecule has 0 bridgehead atoms. The van der Waals surface area contributed by atoms with Gasteiger partial charge in [-0.2, -0.15) is 0 Å². The summed E-state index contributed by atoms with van der Waals surface area (Å²) in [6.07, 6.45) is 1.92. The van der Waals surface area contributed by atoms with E-state index in [9.17, 15) is 19.1 Å². The number of hydrogen-bond donors (Lipinski definition) is 3. The number of allylic oxidation sites excluding steroid dienone is 1. The van der Waals surface area contributed by atoms with Crippen LogP contribution in [-0.2, 0) is 4.79 Å². The molecule has 2 heterocycles. The van der Waals surface area contributed by atoms with E-state index in [1.807, 2.05) is 24.3 Å². The highest BCUT2D eigenvalue weighted by molar-refractivity contribution is 7.71. The van der Waals surface area contributed by atoms with Crippen LogP contribution < -0.4 is 21.5 Å². The Morgan fingerprint density at radius 1 is 1.25 bits per heavy atom. The molecular formula is C23H19FN4O3S. The van der Waals surface area contributed by atoms with Crippen LogP contribution >= 0.6 is 12.2 Å². The predicted octanol–water partition coefficient (Wildman–Crippen LogP) is 2.09. The van der Waals surface area contributed by atoms with Gasteiger partial charge in [0.1, 0.15) is 11.4 Å². The van der Waals surface area contributed by atoms with Crippen LogP contribution in [0.1, 0.15) is 18.9 Å². The second-order valence-electron chi connectivity index (χ2n) is 7.15. The molecule has 0 atom stereocenters. The van der Waals surface area contributed by atoms with E-state index in [-0.39, 0.29) is 21.9 Å². The molecule has 0 spiro atoms. The van der Waals surface area contributed by atoms with Crippen molar-refractivity contribution in [2.24, 2.45) is 4.99 Å². The highest BCUT2D eigenvalue weighted by atomic mass is 32.1. The number of H-pyrrole nitrogens is 1. The third kappa shape index (κ3) is 4.02. The van der Waals surface area contributed by atoms with E-state index in [0.29, 0.717) is 18.7 Å². The molecule has 0 saturated carbocycles. The number of benzene rings is 2. The van der Waals surface area contributed by atoms with Crippen molar-refractivity contribution in [2.75, 3.05) is 6.54 Å². The summed E-state index contributed by atoms with van der Waals surface area (Å²) in [6.45, 7) is 1.82. The molecule has 1 aliphatic rings. The summed E-state index contributed by atoms with van der Waals surface area (Å²) >= 11 is 5.16. The van der Waals surface area contributed by atoms with E-state index in [4.69, 9.17) is 12.2 Å². The van der Waals surface area contributed by atoms with Gasteiger partial charge in [0.05, 0.1) is 16.7 Å². The highest BCUT2D eigenvalue weighted by Gasteiger charge is 2.18. The fourth-order valence-electron chi connectivity index (χ4n) is 3.57. The van der Waals surface area contributed by atoms with Crippen LogP contribution in [0.3, 0.4) is 0 Å². The van der Waals surface area contributed by atoms with Gasteiger partial charge in [-0.05, 0) is 48.5 Å². The summed E-state index contributed by atoms with van der Waals surface area (Å²) in [5, 5.41) is 15.2. The van der Waals surface area contributed by atoms with Crippen LogP contribution in [-0.4, -0.2) is 27.1 Å². The Balaban J connectivity index is 1.88. The van der Waals surface area contributed by atoms with Gasteiger partial charge in [-0.3, -0.25) is 19.1 Å². The first-order valence-electron chi connectivity index (χ1n) is 9.83. The Morgan fingerprint density at radius 3 is 2.72 bits per heavy atom. The van der Waals surface area contributed by atoms with E-state index in [0.717, 1.165) is 20.7 Å². The molecule has 1 aliphatic heterocycles. The maximum Gasteiger partial charge on any atom is 0.262 e. The van der Waals surface area contributed by atoms with Crippen LogP contribution in [0, 0.1) is 10.6 Å². The minimum atomic E-state index is -0.625. The fourth-order valence-corrected chi connectivity index (χ4v) is 3.85. The minimum Gasteiger partial charge on any atom is -0.494 e. The molecule has 2 aromatic carbocycles. The third-order valence-electron chi connectivity index (χ3n) is 5.02. The van der Waals surface area contributed by atoms with Crippen LogP contribution in [0.5, 0.6) is 5.88 Å². The standard InChI is InChI=1S/C23H19FN4O3S/c1-13(29)25-11-10-15-14-6-2-4-8-18(14)26-19(15)12-16-21(30)27-23(32)28(22(16)31)20-9-5-3-7-17(20)24/h2-9,12,31H,10-11H2,1H3,(H,25,29)(H,27,30,32)/b19-12-. The Kier molecular flexibility index (Phi) is 5.83. The number of halogens is 1. The first kappa shape index (κ1) is 21.4. The van der Waals surface area contributed by atoms with Crippen LogP contribution in [0.2, 0.25) is 0 Å². The van der Waals surface area contributed by atoms with Gasteiger partial charge in [0.15, 0.2) is 4.77 Å². The molecule has 9 heteroatoms. The molecule has 1 aromatic heterocycles. The molecule has 162 valence electrons. The number of fused-ring (bicyclic) bond motifs is 1. The molecule has 0 unspecified atom stereocenters. The van der Waals surface area contributed by atoms with Crippen LogP contribution in [0.4, 0.5) is 4.39 Å². The number of hydrogen-bond acceptors (Lipinski definition) is 5. The molecule has 4 rings (SSSR count). The van der Waals surface area contributed by atoms with Crippen LogP contribution in [0.15, 0.2) is 64.0 Å². The Morgan fingerprint density at radius 2 is 1.97 bits per heavy atom. The lowest BCUT2D eigenvalue weighted by Gasteiger charge is -2.12. The molecule has 0 saturated heterocycles. The van der Waals surface area contributed by atoms with E-state index in [1.54, 1.807) is 6.07 Å². The molecule has 1 amide bonds. The lowest BCUT2D eigenvalue weighted by molar-refractivity contribution is -0.118. The van der Waals surface area contributed by atoms with Gasteiger partial charge in [-0.1, -0.05) is 30.3 Å². The average Bonchev–Trinajstić information content (AvgIpc) is 3.09. The molecular weight excluding hydrogens is 431 g/mol. The first-order valence-corrected chi connectivity index (χ1v) is 10.2. The van der Waals surface area contributed by atoms with Crippen molar-refractivity contribution >= 4 is 29.8 Å². The maximum absolute atomic E-state index is 14.4. The van der Waals surface area contributed by atoms with Gasteiger partial charge in [0.25, 0.3) is 5.56 Å². The fraction of sp³-hybridized carbons (Fsp3) is 0.130. The van der Waals surface area contributed by atoms with E-state index in [1.165, 1.54) is 31.2 Å². The number of nitrogens with zero attached hydrogens (tertiary/aromatic N) is 2. The lowest BCUT2D eigenvalue weighted by Crippen LogP contribution is -2.25. The van der Waals surface area contributed by atoms with Gasteiger partial charge >= 0.3 is 0 Å². The number of carbonyl (C=O) groups is 1. The number of aromatic hydroxyl groups is 1. The predicted molar refractivity (Wildman–Crippen MR) is 121 cm³/mol. The SMILES string of the molecule is CC(=O)NCCC1=c2ccccc2=N/C1=C\c1c(O)n(-c2ccccc2F)c(=S)[nH]c1=O. The minimum absolute atomic E-state index is 0.00686. The number of nitrogens with one attached hydrogen (secondary N) is 2. The normalized spacial score (nSPS) is 13.7. The van der Waals surface area contributed by atoms with E-state index < -0.39 is 17.3 Å². The quantitative estimate of drug-likeness (QED) is 0.519. The van der Waals surface area contributed by atoms with Crippen molar-refractivity contribution in [3.8, 4) is 11.6 Å². The summed E-state index contributed by atoms with van der Waals surface area (Å²) in [4.78, 5) is 31.0. The lowest BCUT2D eigenvalue weighted by atomic mass is 10.1. The molecule has 7 nitrogen and oxygen atoms in total. The summed E-state index contributed by atoms with van der Waals surface area (Å²) in [5.41, 5.74) is 0.556. The van der Waals surface area contributed by atoms with E-state index >= 15 is 0 Å². The van der Waals surface area contributed by atoms with Gasteiger partial charge in [0, 0.05) is 18.7 Å². The zero-order valence-corrected chi connectivity index (χ0v) is 17.9. The van der Waals surface area contributed by atoms with E-state index in [2.05, 4.69) is 15.3 Å². The smallest absolute Gasteiger partial charge is 0.262 e. The molecule has 3 N–H and O–H groups in total. The van der Waals surface area contributed by atoms with Gasteiger partial charge < -0.3 is 10.4 Å². The number of para-hydroxylation sites is 2. The largest absolute Gasteiger partial charge is 0.494 e. The van der Waals surface area contributed by atoms with Gasteiger partial charge in [-0.15, -0.1) is 0 Å². The van der Waals surface area contributed by atoms with Crippen molar-refractivity contribution in [2.45, 2.75) is 13.3 Å². The third-order valence-corrected chi connectivity index (χ3v) is 5.31. The molecule has 32 heavy (non-hydrogen) atoms. The summed E-state index contributed by atoms with van der Waals surface area (Å²) in [6, 6.07) is 13.2. The van der Waals surface area contributed by atoms with Crippen LogP contribution in [0.25, 0.3) is 17.3 Å². The maximum atomic E-state index is 14.4. The second-order valence-corrected chi connectivity index (χ2v) is 7.54. The zero-order valence-electron chi connectivity index (χ0n) is 17.1. The van der Waals surface area contributed by atoms with Crippen molar-refractivity contribution in [3.63, 3.8) is 0 Å². The first-order chi connectivity index (χ1) is 15.4. The Bertz CT molecular complexity index is 1500. The van der Waals surface area contributed by atoms with Gasteiger partial charge in [0.2, 0.25) is 11.8 Å². The van der Waals surface area contributed by atoms with Crippen molar-refractivity contribution in [1.82, 2.24) is 14.9 Å². The van der Waals surface area contributed by atoms with Crippen molar-refractivity contribution < 1.29 is 14.3 Å². The Labute approximate surface area is 186 Å². The van der Waals surface area contributed by atoms with Crippen molar-refractivity contribution in [1.29, 1.82) is 0 Å². The van der Waals surface area contributed by atoms with Gasteiger partial charge in [-0.25, -0.2) is 9.38 Å². The average molecular weight is 450 g/mol. The Hall–Kier alpha value is -3.85. The van der Waals surface area contributed by atoms with Crippen molar-refractivity contribution in [3.05, 3.63) is 91.3 Å². The summed E-state index contributed by atoms with van der Waals surface area (Å²) in [5.74, 6) is -1.26. The number of carbonyl (C=O) groups excluding carboxylic acids is 1. The summed E-state index contributed by atoms with van der Waals surface area (Å²) < 4.78 is 15.3. The summed E-state index contributed by atoms with van der Waals surface area (Å²) in [7, 11) is 0. The second kappa shape index (κ2) is 8.72. The highest BCUT2D eigenvalue weighted by Crippen LogP contribution is 2.26. The molecule has 0 aliphatic carbocycles.